The minimum atomic E-state index is -0.286. The van der Waals surface area contributed by atoms with E-state index in [0.717, 1.165) is 10.9 Å². The molecule has 21 heavy (non-hydrogen) atoms. The van der Waals surface area contributed by atoms with Crippen molar-refractivity contribution in [3.8, 4) is 6.07 Å². The number of aromatic amines is 1. The minimum Gasteiger partial charge on any atom is -0.360 e. The normalized spacial score (nSPS) is 10.3. The lowest BCUT2D eigenvalue weighted by Crippen LogP contribution is -2.12. The van der Waals surface area contributed by atoms with Crippen molar-refractivity contribution in [3.05, 3.63) is 64.8 Å². The number of para-hydroxylation sites is 1. The van der Waals surface area contributed by atoms with Gasteiger partial charge in [0.05, 0.1) is 16.8 Å². The number of nitriles is 1. The Hall–Kier alpha value is -2.77. The van der Waals surface area contributed by atoms with E-state index in [-0.39, 0.29) is 5.91 Å². The molecular formula is C16H10ClN3O. The molecule has 0 aliphatic rings. The molecule has 1 amide bonds. The third kappa shape index (κ3) is 2.47. The zero-order valence-corrected chi connectivity index (χ0v) is 11.6. The van der Waals surface area contributed by atoms with Gasteiger partial charge in [0.2, 0.25) is 0 Å². The van der Waals surface area contributed by atoms with Gasteiger partial charge in [0, 0.05) is 22.1 Å². The molecule has 0 atom stereocenters. The maximum atomic E-state index is 12.4. The maximum Gasteiger partial charge on any atom is 0.257 e. The first-order valence-corrected chi connectivity index (χ1v) is 6.64. The quantitative estimate of drug-likeness (QED) is 0.751. The summed E-state index contributed by atoms with van der Waals surface area (Å²) in [6.45, 7) is 0. The lowest BCUT2D eigenvalue weighted by molar-refractivity contribution is 0.102. The largest absolute Gasteiger partial charge is 0.360 e. The Labute approximate surface area is 126 Å². The lowest BCUT2D eigenvalue weighted by Gasteiger charge is -2.07. The number of anilines is 1. The van der Waals surface area contributed by atoms with Crippen LogP contribution in [0.2, 0.25) is 5.02 Å². The Morgan fingerprint density at radius 3 is 2.86 bits per heavy atom. The van der Waals surface area contributed by atoms with E-state index in [1.165, 1.54) is 0 Å². The molecule has 0 aliphatic heterocycles. The predicted molar refractivity (Wildman–Crippen MR) is 82.4 cm³/mol. The van der Waals surface area contributed by atoms with Gasteiger partial charge in [0.25, 0.3) is 5.91 Å². The number of H-pyrrole nitrogens is 1. The Morgan fingerprint density at radius 2 is 2.05 bits per heavy atom. The van der Waals surface area contributed by atoms with Crippen LogP contribution in [0.3, 0.4) is 0 Å². The first-order valence-electron chi connectivity index (χ1n) is 6.26. The number of nitrogens with one attached hydrogen (secondary N) is 2. The van der Waals surface area contributed by atoms with Crippen molar-refractivity contribution in [1.82, 2.24) is 4.98 Å². The average molecular weight is 296 g/mol. The number of halogens is 1. The fourth-order valence-corrected chi connectivity index (χ4v) is 2.34. The Balaban J connectivity index is 1.97. The number of hydrogen-bond acceptors (Lipinski definition) is 2. The van der Waals surface area contributed by atoms with E-state index in [1.54, 1.807) is 24.4 Å². The number of carbonyl (C=O) groups is 1. The fraction of sp³-hybridized carbons (Fsp3) is 0. The van der Waals surface area contributed by atoms with Gasteiger partial charge in [0.15, 0.2) is 0 Å². The molecule has 1 aromatic heterocycles. The molecule has 0 bridgehead atoms. The maximum absolute atomic E-state index is 12.4. The van der Waals surface area contributed by atoms with Crippen molar-refractivity contribution < 1.29 is 4.79 Å². The number of rotatable bonds is 2. The molecule has 102 valence electrons. The highest BCUT2D eigenvalue weighted by Gasteiger charge is 2.13. The van der Waals surface area contributed by atoms with Crippen LogP contribution in [0.15, 0.2) is 48.7 Å². The molecule has 5 heteroatoms. The summed E-state index contributed by atoms with van der Waals surface area (Å²) >= 11 is 5.91. The van der Waals surface area contributed by atoms with Crippen molar-refractivity contribution in [2.45, 2.75) is 0 Å². The number of fused-ring (bicyclic) bond motifs is 1. The van der Waals surface area contributed by atoms with E-state index in [4.69, 9.17) is 16.9 Å². The third-order valence-electron chi connectivity index (χ3n) is 3.18. The van der Waals surface area contributed by atoms with Crippen LogP contribution >= 0.6 is 11.6 Å². The molecule has 1 heterocycles. The molecule has 0 spiro atoms. The van der Waals surface area contributed by atoms with Gasteiger partial charge in [-0.15, -0.1) is 0 Å². The van der Waals surface area contributed by atoms with Gasteiger partial charge in [-0.05, 0) is 24.3 Å². The van der Waals surface area contributed by atoms with Crippen molar-refractivity contribution in [3.63, 3.8) is 0 Å². The van der Waals surface area contributed by atoms with Crippen molar-refractivity contribution in [2.75, 3.05) is 5.32 Å². The Morgan fingerprint density at radius 1 is 1.24 bits per heavy atom. The SMILES string of the molecule is N#Cc1ccc(Cl)cc1NC(=O)c1c[nH]c2ccccc12. The van der Waals surface area contributed by atoms with Crippen LogP contribution in [0.4, 0.5) is 5.69 Å². The van der Waals surface area contributed by atoms with Gasteiger partial charge in [-0.1, -0.05) is 29.8 Å². The van der Waals surface area contributed by atoms with Gasteiger partial charge in [-0.2, -0.15) is 5.26 Å². The smallest absolute Gasteiger partial charge is 0.257 e. The number of carbonyl (C=O) groups excluding carboxylic acids is 1. The van der Waals surface area contributed by atoms with Gasteiger partial charge < -0.3 is 10.3 Å². The Kier molecular flexibility index (Phi) is 3.35. The van der Waals surface area contributed by atoms with Gasteiger partial charge in [-0.3, -0.25) is 4.79 Å². The summed E-state index contributed by atoms with van der Waals surface area (Å²) in [5.41, 5.74) is 2.18. The van der Waals surface area contributed by atoms with Crippen LogP contribution in [0, 0.1) is 11.3 Å². The number of hydrogen-bond donors (Lipinski definition) is 2. The van der Waals surface area contributed by atoms with Gasteiger partial charge >= 0.3 is 0 Å². The highest BCUT2D eigenvalue weighted by molar-refractivity contribution is 6.31. The summed E-state index contributed by atoms with van der Waals surface area (Å²) in [6, 6.07) is 14.3. The van der Waals surface area contributed by atoms with Gasteiger partial charge in [-0.25, -0.2) is 0 Å². The summed E-state index contributed by atoms with van der Waals surface area (Å²) < 4.78 is 0. The second kappa shape index (κ2) is 5.31. The van der Waals surface area contributed by atoms with E-state index >= 15 is 0 Å². The predicted octanol–water partition coefficient (Wildman–Crippen LogP) is 3.95. The average Bonchev–Trinajstić information content (AvgIpc) is 2.91. The zero-order chi connectivity index (χ0) is 14.8. The van der Waals surface area contributed by atoms with E-state index in [1.807, 2.05) is 30.3 Å². The highest BCUT2D eigenvalue weighted by atomic mass is 35.5. The molecule has 2 aromatic carbocycles. The number of amides is 1. The summed E-state index contributed by atoms with van der Waals surface area (Å²) in [6.07, 6.45) is 1.65. The first-order chi connectivity index (χ1) is 10.2. The molecule has 0 aliphatic carbocycles. The lowest BCUT2D eigenvalue weighted by atomic mass is 10.1. The first kappa shape index (κ1) is 13.2. The van der Waals surface area contributed by atoms with Crippen molar-refractivity contribution >= 4 is 34.1 Å². The molecule has 2 N–H and O–H groups in total. The molecule has 0 radical (unpaired) electrons. The number of benzene rings is 2. The fourth-order valence-electron chi connectivity index (χ4n) is 2.17. The topological polar surface area (TPSA) is 68.7 Å². The Bertz CT molecular complexity index is 877. The number of nitrogens with zero attached hydrogens (tertiary/aromatic N) is 1. The minimum absolute atomic E-state index is 0.286. The van der Waals surface area contributed by atoms with Crippen molar-refractivity contribution in [2.24, 2.45) is 0 Å². The van der Waals surface area contributed by atoms with Crippen LogP contribution < -0.4 is 5.32 Å². The zero-order valence-electron chi connectivity index (χ0n) is 10.9. The standard InChI is InChI=1S/C16H10ClN3O/c17-11-6-5-10(8-18)15(7-11)20-16(21)13-9-19-14-4-2-1-3-12(13)14/h1-7,9,19H,(H,20,21). The molecule has 4 nitrogen and oxygen atoms in total. The molecular weight excluding hydrogens is 286 g/mol. The summed E-state index contributed by atoms with van der Waals surface area (Å²) in [7, 11) is 0. The summed E-state index contributed by atoms with van der Waals surface area (Å²) in [5.74, 6) is -0.286. The summed E-state index contributed by atoms with van der Waals surface area (Å²) in [5, 5.41) is 13.1. The van der Waals surface area contributed by atoms with Crippen molar-refractivity contribution in [1.29, 1.82) is 5.26 Å². The second-order valence-electron chi connectivity index (χ2n) is 4.50. The molecule has 3 rings (SSSR count). The van der Waals surface area contributed by atoms with Gasteiger partial charge in [0.1, 0.15) is 6.07 Å². The molecule has 0 saturated heterocycles. The highest BCUT2D eigenvalue weighted by Crippen LogP contribution is 2.23. The molecule has 0 saturated carbocycles. The van der Waals surface area contributed by atoms with E-state index in [2.05, 4.69) is 10.3 Å². The van der Waals surface area contributed by atoms with Crippen LogP contribution in [-0.4, -0.2) is 10.9 Å². The van der Waals surface area contributed by atoms with E-state index < -0.39 is 0 Å². The van der Waals surface area contributed by atoms with E-state index in [0.29, 0.717) is 21.8 Å². The third-order valence-corrected chi connectivity index (χ3v) is 3.42. The van der Waals surface area contributed by atoms with Crippen LogP contribution in [0.1, 0.15) is 15.9 Å². The molecule has 0 unspecified atom stereocenters. The second-order valence-corrected chi connectivity index (χ2v) is 4.94. The molecule has 3 aromatic rings. The number of aromatic nitrogens is 1. The monoisotopic (exact) mass is 295 g/mol. The summed E-state index contributed by atoms with van der Waals surface area (Å²) in [4.78, 5) is 15.4. The molecule has 0 fully saturated rings. The van der Waals surface area contributed by atoms with E-state index in [9.17, 15) is 4.79 Å². The van der Waals surface area contributed by atoms with Crippen LogP contribution in [-0.2, 0) is 0 Å². The van der Waals surface area contributed by atoms with Crippen LogP contribution in [0.5, 0.6) is 0 Å². The van der Waals surface area contributed by atoms with Crippen LogP contribution in [0.25, 0.3) is 10.9 Å².